The van der Waals surface area contributed by atoms with E-state index in [0.717, 1.165) is 36.2 Å². The van der Waals surface area contributed by atoms with E-state index < -0.39 is 0 Å². The Hall–Kier alpha value is -1.81. The first-order chi connectivity index (χ1) is 10.2. The van der Waals surface area contributed by atoms with Crippen LogP contribution in [0.15, 0.2) is 30.3 Å². The van der Waals surface area contributed by atoms with Crippen LogP contribution < -0.4 is 10.2 Å². The van der Waals surface area contributed by atoms with Crippen molar-refractivity contribution in [1.29, 1.82) is 0 Å². The van der Waals surface area contributed by atoms with Crippen molar-refractivity contribution in [3.63, 3.8) is 0 Å². The second-order valence-corrected chi connectivity index (χ2v) is 5.81. The van der Waals surface area contributed by atoms with Gasteiger partial charge in [-0.25, -0.2) is 4.98 Å². The summed E-state index contributed by atoms with van der Waals surface area (Å²) in [5, 5.41) is 4.01. The maximum absolute atomic E-state index is 6.01. The maximum atomic E-state index is 6.01. The number of hydrogen-bond acceptors (Lipinski definition) is 4. The largest absolute Gasteiger partial charge is 0.341 e. The average Bonchev–Trinajstić information content (AvgIpc) is 2.47. The minimum atomic E-state index is 0.710. The maximum Gasteiger partial charge on any atom is 0.227 e. The summed E-state index contributed by atoms with van der Waals surface area (Å²) >= 11 is 6.01. The predicted molar refractivity (Wildman–Crippen MR) is 87.6 cm³/mol. The van der Waals surface area contributed by atoms with Crippen LogP contribution in [-0.2, 0) is 0 Å². The number of aryl methyl sites for hydroxylation is 1. The van der Waals surface area contributed by atoms with Crippen LogP contribution in [0.2, 0.25) is 5.02 Å². The highest BCUT2D eigenvalue weighted by molar-refractivity contribution is 6.30. The third-order valence-corrected chi connectivity index (χ3v) is 3.81. The number of hydrogen-bond donors (Lipinski definition) is 1. The van der Waals surface area contributed by atoms with Crippen molar-refractivity contribution in [3.05, 3.63) is 41.0 Å². The van der Waals surface area contributed by atoms with Crippen molar-refractivity contribution in [1.82, 2.24) is 9.97 Å². The van der Waals surface area contributed by atoms with E-state index in [1.54, 1.807) is 0 Å². The van der Waals surface area contributed by atoms with E-state index in [1.807, 2.05) is 37.3 Å². The van der Waals surface area contributed by atoms with Crippen molar-refractivity contribution >= 4 is 29.1 Å². The lowest BCUT2D eigenvalue weighted by Gasteiger charge is -2.27. The number of benzene rings is 1. The molecule has 0 atom stereocenters. The van der Waals surface area contributed by atoms with E-state index in [2.05, 4.69) is 20.2 Å². The molecule has 1 aliphatic rings. The Morgan fingerprint density at radius 2 is 1.90 bits per heavy atom. The van der Waals surface area contributed by atoms with Crippen LogP contribution in [-0.4, -0.2) is 23.1 Å². The fourth-order valence-electron chi connectivity index (χ4n) is 2.57. The first-order valence-corrected chi connectivity index (χ1v) is 7.72. The van der Waals surface area contributed by atoms with Crippen LogP contribution >= 0.6 is 11.6 Å². The number of halogens is 1. The van der Waals surface area contributed by atoms with Crippen LogP contribution in [0, 0.1) is 6.92 Å². The second kappa shape index (κ2) is 6.31. The monoisotopic (exact) mass is 302 g/mol. The molecule has 0 spiro atoms. The predicted octanol–water partition coefficient (Wildman–Crippen LogP) is 4.17. The Morgan fingerprint density at radius 1 is 1.10 bits per heavy atom. The molecule has 1 aromatic heterocycles. The molecule has 1 fully saturated rings. The zero-order valence-corrected chi connectivity index (χ0v) is 12.9. The molecule has 0 bridgehead atoms. The van der Waals surface area contributed by atoms with Gasteiger partial charge in [0, 0.05) is 35.6 Å². The number of rotatable bonds is 3. The van der Waals surface area contributed by atoms with Crippen LogP contribution in [0.5, 0.6) is 0 Å². The quantitative estimate of drug-likeness (QED) is 0.924. The van der Waals surface area contributed by atoms with Gasteiger partial charge in [0.15, 0.2) is 0 Å². The van der Waals surface area contributed by atoms with E-state index in [0.29, 0.717) is 5.02 Å². The number of nitrogens with zero attached hydrogens (tertiary/aromatic N) is 3. The molecule has 5 heteroatoms. The lowest BCUT2D eigenvalue weighted by atomic mass is 10.1. The summed E-state index contributed by atoms with van der Waals surface area (Å²) in [5.74, 6) is 1.63. The van der Waals surface area contributed by atoms with E-state index in [-0.39, 0.29) is 0 Å². The average molecular weight is 303 g/mol. The lowest BCUT2D eigenvalue weighted by molar-refractivity contribution is 0.568. The molecule has 3 rings (SSSR count). The number of piperidine rings is 1. The smallest absolute Gasteiger partial charge is 0.227 e. The minimum absolute atomic E-state index is 0.710. The highest BCUT2D eigenvalue weighted by Gasteiger charge is 2.14. The Bertz CT molecular complexity index is 623. The molecular formula is C16H19ClN4. The van der Waals surface area contributed by atoms with Crippen LogP contribution in [0.25, 0.3) is 0 Å². The van der Waals surface area contributed by atoms with Gasteiger partial charge in [-0.15, -0.1) is 0 Å². The SMILES string of the molecule is Cc1cc(Nc2cccc(Cl)c2)nc(N2CCCCC2)n1. The van der Waals surface area contributed by atoms with Gasteiger partial charge >= 0.3 is 0 Å². The van der Waals surface area contributed by atoms with Crippen molar-refractivity contribution < 1.29 is 0 Å². The van der Waals surface area contributed by atoms with Gasteiger partial charge in [-0.05, 0) is 44.4 Å². The van der Waals surface area contributed by atoms with Gasteiger partial charge in [0.1, 0.15) is 5.82 Å². The molecule has 0 saturated carbocycles. The molecule has 0 radical (unpaired) electrons. The molecule has 1 saturated heterocycles. The first-order valence-electron chi connectivity index (χ1n) is 7.34. The van der Waals surface area contributed by atoms with Gasteiger partial charge in [0.2, 0.25) is 5.95 Å². The van der Waals surface area contributed by atoms with Gasteiger partial charge in [-0.2, -0.15) is 4.98 Å². The number of aromatic nitrogens is 2. The third kappa shape index (κ3) is 3.64. The number of nitrogens with one attached hydrogen (secondary N) is 1. The highest BCUT2D eigenvalue weighted by Crippen LogP contribution is 2.22. The van der Waals surface area contributed by atoms with Gasteiger partial charge < -0.3 is 10.2 Å². The summed E-state index contributed by atoms with van der Waals surface area (Å²) in [6, 6.07) is 9.60. The molecular weight excluding hydrogens is 284 g/mol. The molecule has 2 heterocycles. The zero-order valence-electron chi connectivity index (χ0n) is 12.1. The minimum Gasteiger partial charge on any atom is -0.341 e. The topological polar surface area (TPSA) is 41.1 Å². The van der Waals surface area contributed by atoms with E-state index in [9.17, 15) is 0 Å². The van der Waals surface area contributed by atoms with Gasteiger partial charge in [-0.3, -0.25) is 0 Å². The summed E-state index contributed by atoms with van der Waals surface area (Å²) < 4.78 is 0. The molecule has 0 aliphatic carbocycles. The number of anilines is 3. The van der Waals surface area contributed by atoms with Crippen molar-refractivity contribution in [3.8, 4) is 0 Å². The third-order valence-electron chi connectivity index (χ3n) is 3.58. The van der Waals surface area contributed by atoms with Crippen LogP contribution in [0.1, 0.15) is 25.0 Å². The Morgan fingerprint density at radius 3 is 2.67 bits per heavy atom. The van der Waals surface area contributed by atoms with Crippen molar-refractivity contribution in [2.24, 2.45) is 0 Å². The normalized spacial score (nSPS) is 15.0. The fraction of sp³-hybridized carbons (Fsp3) is 0.375. The summed E-state index contributed by atoms with van der Waals surface area (Å²) in [4.78, 5) is 11.5. The first kappa shape index (κ1) is 14.1. The van der Waals surface area contributed by atoms with E-state index >= 15 is 0 Å². The van der Waals surface area contributed by atoms with Gasteiger partial charge in [0.05, 0.1) is 0 Å². The summed E-state index contributed by atoms with van der Waals surface area (Å²) in [6.07, 6.45) is 3.73. The second-order valence-electron chi connectivity index (χ2n) is 5.38. The van der Waals surface area contributed by atoms with E-state index in [1.165, 1.54) is 19.3 Å². The molecule has 1 aliphatic heterocycles. The van der Waals surface area contributed by atoms with E-state index in [4.69, 9.17) is 11.6 Å². The summed E-state index contributed by atoms with van der Waals surface area (Å²) in [6.45, 7) is 4.08. The molecule has 21 heavy (non-hydrogen) atoms. The molecule has 0 amide bonds. The Kier molecular flexibility index (Phi) is 4.25. The van der Waals surface area contributed by atoms with Gasteiger partial charge in [0.25, 0.3) is 0 Å². The molecule has 1 aromatic carbocycles. The Balaban J connectivity index is 1.83. The molecule has 2 aromatic rings. The fourth-order valence-corrected chi connectivity index (χ4v) is 2.76. The standard InChI is InChI=1S/C16H19ClN4/c1-12-10-15(19-14-7-5-6-13(17)11-14)20-16(18-12)21-8-3-2-4-9-21/h5-7,10-11H,2-4,8-9H2,1H3,(H,18,19,20). The lowest BCUT2D eigenvalue weighted by Crippen LogP contribution is -2.31. The zero-order chi connectivity index (χ0) is 14.7. The molecule has 4 nitrogen and oxygen atoms in total. The van der Waals surface area contributed by atoms with Crippen LogP contribution in [0.4, 0.5) is 17.5 Å². The highest BCUT2D eigenvalue weighted by atomic mass is 35.5. The molecule has 0 unspecified atom stereocenters. The Labute approximate surface area is 130 Å². The summed E-state index contributed by atoms with van der Waals surface area (Å²) in [7, 11) is 0. The molecule has 1 N–H and O–H groups in total. The van der Waals surface area contributed by atoms with Crippen molar-refractivity contribution in [2.45, 2.75) is 26.2 Å². The summed E-state index contributed by atoms with van der Waals surface area (Å²) in [5.41, 5.74) is 1.90. The van der Waals surface area contributed by atoms with Gasteiger partial charge in [-0.1, -0.05) is 17.7 Å². The molecule has 110 valence electrons. The van der Waals surface area contributed by atoms with Crippen molar-refractivity contribution in [2.75, 3.05) is 23.3 Å². The van der Waals surface area contributed by atoms with Crippen LogP contribution in [0.3, 0.4) is 0 Å².